The summed E-state index contributed by atoms with van der Waals surface area (Å²) in [5, 5.41) is -0.222. The van der Waals surface area contributed by atoms with Gasteiger partial charge in [-0.2, -0.15) is 0 Å². The maximum absolute atomic E-state index is 13.6. The highest BCUT2D eigenvalue weighted by Gasteiger charge is 2.41. The number of benzene rings is 3. The summed E-state index contributed by atoms with van der Waals surface area (Å²) in [6.07, 6.45) is -0.632. The van der Waals surface area contributed by atoms with Crippen LogP contribution in [0.1, 0.15) is 52.6 Å². The second-order valence-electron chi connectivity index (χ2n) is 10.8. The Bertz CT molecular complexity index is 1340. The lowest BCUT2D eigenvalue weighted by Gasteiger charge is -2.37. The molecule has 0 spiro atoms. The quantitative estimate of drug-likeness (QED) is 0.157. The predicted octanol–water partition coefficient (Wildman–Crippen LogP) is 6.99. The van der Waals surface area contributed by atoms with Crippen LogP contribution in [-0.4, -0.2) is 40.6 Å². The molecule has 0 atom stereocenters. The number of esters is 2. The molecule has 3 rings (SSSR count). The first-order valence-electron chi connectivity index (χ1n) is 12.9. The van der Waals surface area contributed by atoms with Crippen molar-refractivity contribution in [3.63, 3.8) is 0 Å². The predicted molar refractivity (Wildman–Crippen MR) is 156 cm³/mol. The number of methoxy groups -OCH3 is 2. The second-order valence-corrected chi connectivity index (χ2v) is 15.5. The Morgan fingerprint density at radius 1 is 0.800 bits per heavy atom. The summed E-state index contributed by atoms with van der Waals surface area (Å²) in [4.78, 5) is 40.9. The Morgan fingerprint density at radius 2 is 1.35 bits per heavy atom. The highest BCUT2D eigenvalue weighted by atomic mass is 28.4. The largest absolute Gasteiger partial charge is 0.543 e. The molecule has 0 unspecified atom stereocenters. The molecule has 0 aliphatic carbocycles. The molecule has 0 aliphatic heterocycles. The van der Waals surface area contributed by atoms with Crippen molar-refractivity contribution >= 4 is 32.0 Å². The van der Waals surface area contributed by atoms with Crippen LogP contribution in [0.3, 0.4) is 0 Å². The highest BCUT2D eigenvalue weighted by Crippen LogP contribution is 2.40. The van der Waals surface area contributed by atoms with E-state index in [0.29, 0.717) is 5.69 Å². The molecule has 40 heavy (non-hydrogen) atoms. The minimum atomic E-state index is -2.52. The number of rotatable bonds is 9. The molecule has 0 saturated carbocycles. The molecule has 3 aromatic rings. The van der Waals surface area contributed by atoms with Gasteiger partial charge in [0.25, 0.3) is 8.32 Å². The number of ether oxygens (including phenoxy) is 3. The molecule has 0 fully saturated rings. The van der Waals surface area contributed by atoms with Gasteiger partial charge in [-0.25, -0.2) is 14.4 Å². The smallest absolute Gasteiger partial charge is 0.414 e. The van der Waals surface area contributed by atoms with Crippen LogP contribution in [0.25, 0.3) is 0 Å². The molecule has 0 bridgehead atoms. The van der Waals surface area contributed by atoms with Crippen LogP contribution in [0.4, 0.5) is 10.5 Å². The standard InChI is InChI=1S/C31H37NO7Si/c1-31(2,3)40(6,7)39-26-19-24(18-25(28(33)36-4)27(26)29(34)37-5)32(20-22-14-10-8-11-15-22)30(35)38-21-23-16-12-9-13-17-23/h8-19H,20-21H2,1-7H3. The van der Waals surface area contributed by atoms with Gasteiger partial charge in [0.1, 0.15) is 17.9 Å². The van der Waals surface area contributed by atoms with Crippen LogP contribution in [0.15, 0.2) is 72.8 Å². The number of amides is 1. The summed E-state index contributed by atoms with van der Waals surface area (Å²) in [6.45, 7) is 10.4. The van der Waals surface area contributed by atoms with E-state index in [1.807, 2.05) is 73.8 Å². The highest BCUT2D eigenvalue weighted by molar-refractivity contribution is 6.74. The average Bonchev–Trinajstić information content (AvgIpc) is 2.93. The fraction of sp³-hybridized carbons (Fsp3) is 0.323. The maximum atomic E-state index is 13.6. The zero-order valence-corrected chi connectivity index (χ0v) is 25.1. The molecule has 8 nitrogen and oxygen atoms in total. The van der Waals surface area contributed by atoms with Crippen molar-refractivity contribution < 1.29 is 33.0 Å². The normalized spacial score (nSPS) is 11.4. The molecule has 1 amide bonds. The zero-order valence-electron chi connectivity index (χ0n) is 24.1. The van der Waals surface area contributed by atoms with E-state index in [9.17, 15) is 14.4 Å². The van der Waals surface area contributed by atoms with Gasteiger partial charge in [-0.3, -0.25) is 4.90 Å². The van der Waals surface area contributed by atoms with E-state index >= 15 is 0 Å². The molecule has 9 heteroatoms. The monoisotopic (exact) mass is 563 g/mol. The lowest BCUT2D eigenvalue weighted by atomic mass is 10.0. The van der Waals surface area contributed by atoms with Crippen molar-refractivity contribution in [1.29, 1.82) is 0 Å². The third kappa shape index (κ3) is 7.29. The summed E-state index contributed by atoms with van der Waals surface area (Å²) >= 11 is 0. The number of anilines is 1. The van der Waals surface area contributed by atoms with E-state index < -0.39 is 26.3 Å². The van der Waals surface area contributed by atoms with Crippen molar-refractivity contribution in [3.05, 3.63) is 95.1 Å². The van der Waals surface area contributed by atoms with Gasteiger partial charge in [0, 0.05) is 6.07 Å². The van der Waals surface area contributed by atoms with Gasteiger partial charge in [-0.15, -0.1) is 0 Å². The SMILES string of the molecule is COC(=O)c1cc(N(Cc2ccccc2)C(=O)OCc2ccccc2)cc(O[Si](C)(C)C(C)(C)C)c1C(=O)OC. The van der Waals surface area contributed by atoms with Crippen molar-refractivity contribution in [2.75, 3.05) is 19.1 Å². The van der Waals surface area contributed by atoms with Crippen LogP contribution in [-0.2, 0) is 27.4 Å². The minimum Gasteiger partial charge on any atom is -0.543 e. The Labute approximate surface area is 236 Å². The van der Waals surface area contributed by atoms with E-state index in [2.05, 4.69) is 20.8 Å². The summed E-state index contributed by atoms with van der Waals surface area (Å²) in [7, 11) is -0.0618. The molecular weight excluding hydrogens is 526 g/mol. The van der Waals surface area contributed by atoms with Gasteiger partial charge in [0.15, 0.2) is 0 Å². The fourth-order valence-electron chi connectivity index (χ4n) is 3.67. The molecule has 3 aromatic carbocycles. The number of hydrogen-bond acceptors (Lipinski definition) is 7. The first-order chi connectivity index (χ1) is 18.9. The van der Waals surface area contributed by atoms with Crippen molar-refractivity contribution in [2.24, 2.45) is 0 Å². The van der Waals surface area contributed by atoms with E-state index in [4.69, 9.17) is 18.6 Å². The third-order valence-corrected chi connectivity index (χ3v) is 11.3. The summed E-state index contributed by atoms with van der Waals surface area (Å²) in [6, 6.07) is 21.7. The van der Waals surface area contributed by atoms with Gasteiger partial charge in [0.2, 0.25) is 0 Å². The van der Waals surface area contributed by atoms with E-state index in [0.717, 1.165) is 11.1 Å². The number of nitrogens with zero attached hydrogens (tertiary/aromatic N) is 1. The zero-order chi connectivity index (χ0) is 29.5. The van der Waals surface area contributed by atoms with Crippen LogP contribution in [0.5, 0.6) is 5.75 Å². The average molecular weight is 564 g/mol. The van der Waals surface area contributed by atoms with Gasteiger partial charge in [0.05, 0.1) is 32.0 Å². The Kier molecular flexibility index (Phi) is 9.76. The first kappa shape index (κ1) is 30.4. The van der Waals surface area contributed by atoms with Gasteiger partial charge in [-0.05, 0) is 35.3 Å². The van der Waals surface area contributed by atoms with Crippen molar-refractivity contribution in [1.82, 2.24) is 0 Å². The van der Waals surface area contributed by atoms with E-state index in [1.54, 1.807) is 6.07 Å². The topological polar surface area (TPSA) is 91.4 Å². The summed E-state index contributed by atoms with van der Waals surface area (Å²) in [5.74, 6) is -1.37. The van der Waals surface area contributed by atoms with Crippen molar-refractivity contribution in [2.45, 2.75) is 52.1 Å². The van der Waals surface area contributed by atoms with Crippen LogP contribution < -0.4 is 9.33 Å². The Morgan fingerprint density at radius 3 is 1.88 bits per heavy atom. The maximum Gasteiger partial charge on any atom is 0.414 e. The summed E-state index contributed by atoms with van der Waals surface area (Å²) < 4.78 is 22.3. The van der Waals surface area contributed by atoms with Crippen LogP contribution in [0, 0.1) is 0 Å². The Hall–Kier alpha value is -4.11. The molecule has 0 saturated heterocycles. The minimum absolute atomic E-state index is 0.0553. The molecular formula is C31H37NO7Si. The number of carbonyl (C=O) groups excluding carboxylic acids is 3. The molecule has 0 aromatic heterocycles. The lowest BCUT2D eigenvalue weighted by molar-refractivity contribution is 0.0553. The fourth-order valence-corrected chi connectivity index (χ4v) is 4.69. The first-order valence-corrected chi connectivity index (χ1v) is 15.8. The molecule has 0 radical (unpaired) electrons. The van der Waals surface area contributed by atoms with Crippen LogP contribution >= 0.6 is 0 Å². The molecule has 212 valence electrons. The number of carbonyl (C=O) groups is 3. The third-order valence-electron chi connectivity index (χ3n) is 6.97. The molecule has 0 heterocycles. The molecule has 0 N–H and O–H groups in total. The van der Waals surface area contributed by atoms with Crippen molar-refractivity contribution in [3.8, 4) is 5.75 Å². The summed E-state index contributed by atoms with van der Waals surface area (Å²) in [5.41, 5.74) is 1.84. The van der Waals surface area contributed by atoms with Gasteiger partial charge < -0.3 is 18.6 Å². The van der Waals surface area contributed by atoms with E-state index in [-0.39, 0.29) is 35.1 Å². The lowest BCUT2D eigenvalue weighted by Crippen LogP contribution is -2.44. The molecule has 0 aliphatic rings. The van der Waals surface area contributed by atoms with Crippen LogP contribution in [0.2, 0.25) is 18.1 Å². The van der Waals surface area contributed by atoms with E-state index in [1.165, 1.54) is 25.2 Å². The number of hydrogen-bond donors (Lipinski definition) is 0. The van der Waals surface area contributed by atoms with Gasteiger partial charge in [-0.1, -0.05) is 81.4 Å². The Balaban J connectivity index is 2.18. The second kappa shape index (κ2) is 12.8. The van der Waals surface area contributed by atoms with Gasteiger partial charge >= 0.3 is 18.0 Å².